The maximum Gasteiger partial charge on any atom is 0.328 e. The van der Waals surface area contributed by atoms with Gasteiger partial charge in [-0.1, -0.05) is 68.7 Å². The van der Waals surface area contributed by atoms with Crippen LogP contribution in [0.5, 0.6) is 11.5 Å². The van der Waals surface area contributed by atoms with Crippen molar-refractivity contribution in [3.8, 4) is 11.5 Å². The highest BCUT2D eigenvalue weighted by Crippen LogP contribution is 2.34. The summed E-state index contributed by atoms with van der Waals surface area (Å²) < 4.78 is 16.8. The Labute approximate surface area is 278 Å². The molecule has 1 fully saturated rings. The second-order valence-electron chi connectivity index (χ2n) is 12.5. The largest absolute Gasteiger partial charge is 0.505 e. The number of ether oxygens (including phenoxy) is 3. The van der Waals surface area contributed by atoms with Gasteiger partial charge in [0, 0.05) is 37.0 Å². The van der Waals surface area contributed by atoms with Gasteiger partial charge in [-0.25, -0.2) is 4.79 Å². The number of aryl methyl sites for hydroxylation is 1. The molecule has 1 aromatic rings. The van der Waals surface area contributed by atoms with Gasteiger partial charge in [-0.2, -0.15) is 0 Å². The molecular weight excluding hydrogens is 600 g/mol. The Morgan fingerprint density at radius 2 is 1.79 bits per heavy atom. The molecule has 4 N–H and O–H groups in total. The van der Waals surface area contributed by atoms with Gasteiger partial charge in [0.15, 0.2) is 0 Å². The molecule has 3 rings (SSSR count). The van der Waals surface area contributed by atoms with E-state index in [9.17, 15) is 24.6 Å². The van der Waals surface area contributed by atoms with Crippen molar-refractivity contribution in [2.24, 2.45) is 11.8 Å². The topological polar surface area (TPSA) is 143 Å². The van der Waals surface area contributed by atoms with Crippen LogP contribution in [0.4, 0.5) is 5.69 Å². The molecule has 5 atom stereocenters. The molecule has 0 saturated heterocycles. The Hall–Kier alpha value is -3.89. The van der Waals surface area contributed by atoms with Crippen LogP contribution in [0.25, 0.3) is 0 Å². The van der Waals surface area contributed by atoms with Crippen molar-refractivity contribution in [2.75, 3.05) is 19.5 Å². The number of methoxy groups -OCH3 is 2. The monoisotopic (exact) mass is 652 g/mol. The maximum absolute atomic E-state index is 13.2. The number of hydrogen-bond acceptors (Lipinski definition) is 8. The Kier molecular flexibility index (Phi) is 15.2. The first kappa shape index (κ1) is 37.6. The van der Waals surface area contributed by atoms with E-state index in [2.05, 4.69) is 10.6 Å². The number of benzene rings is 1. The summed E-state index contributed by atoms with van der Waals surface area (Å²) in [6.45, 7) is 5.28. The van der Waals surface area contributed by atoms with Gasteiger partial charge in [0.05, 0.1) is 31.4 Å². The van der Waals surface area contributed by atoms with E-state index in [0.717, 1.165) is 32.1 Å². The van der Waals surface area contributed by atoms with Crippen LogP contribution in [0.15, 0.2) is 60.2 Å². The number of esters is 1. The molecule has 1 aliphatic carbocycles. The fraction of sp³-hybridized carbons (Fsp3) is 0.541. The van der Waals surface area contributed by atoms with Crippen molar-refractivity contribution in [1.29, 1.82) is 0 Å². The van der Waals surface area contributed by atoms with Gasteiger partial charge in [-0.15, -0.1) is 0 Å². The molecule has 258 valence electrons. The van der Waals surface area contributed by atoms with Crippen LogP contribution < -0.4 is 15.4 Å². The normalized spacial score (nSPS) is 26.8. The van der Waals surface area contributed by atoms with Crippen molar-refractivity contribution >= 4 is 23.5 Å². The number of anilines is 1. The molecule has 1 aliphatic heterocycles. The quantitative estimate of drug-likeness (QED) is 0.174. The molecule has 0 spiro atoms. The first-order chi connectivity index (χ1) is 22.5. The number of allylic oxidation sites excluding steroid dienone is 5. The van der Waals surface area contributed by atoms with Gasteiger partial charge in [0.1, 0.15) is 23.6 Å². The lowest BCUT2D eigenvalue weighted by Gasteiger charge is -2.29. The lowest BCUT2D eigenvalue weighted by molar-refractivity contribution is -0.156. The number of fused-ring (bicyclic) bond motifs is 2. The van der Waals surface area contributed by atoms with Crippen molar-refractivity contribution in [3.05, 3.63) is 65.8 Å². The second kappa shape index (κ2) is 19.1. The van der Waals surface area contributed by atoms with Gasteiger partial charge in [0.2, 0.25) is 11.8 Å². The fourth-order valence-corrected chi connectivity index (χ4v) is 5.86. The van der Waals surface area contributed by atoms with Crippen LogP contribution in [-0.2, 0) is 30.3 Å². The van der Waals surface area contributed by atoms with E-state index in [1.165, 1.54) is 14.2 Å². The van der Waals surface area contributed by atoms with E-state index in [1.54, 1.807) is 43.4 Å². The zero-order valence-electron chi connectivity index (χ0n) is 28.4. The smallest absolute Gasteiger partial charge is 0.328 e. The summed E-state index contributed by atoms with van der Waals surface area (Å²) in [5, 5.41) is 27.9. The molecular formula is C37H52N2O8. The molecule has 5 unspecified atom stereocenters. The van der Waals surface area contributed by atoms with E-state index in [0.29, 0.717) is 36.1 Å². The zero-order valence-corrected chi connectivity index (χ0v) is 28.4. The lowest BCUT2D eigenvalue weighted by atomic mass is 9.88. The maximum atomic E-state index is 13.2. The van der Waals surface area contributed by atoms with Crippen molar-refractivity contribution in [2.45, 2.75) is 103 Å². The fourth-order valence-electron chi connectivity index (χ4n) is 5.86. The zero-order chi connectivity index (χ0) is 34.3. The number of carbonyl (C=O) groups is 3. The number of phenols is 1. The third kappa shape index (κ3) is 11.7. The summed E-state index contributed by atoms with van der Waals surface area (Å²) >= 11 is 0. The summed E-state index contributed by atoms with van der Waals surface area (Å²) in [6, 6.07) is 2.46. The highest BCUT2D eigenvalue weighted by molar-refractivity contribution is 5.93. The Morgan fingerprint density at radius 3 is 2.49 bits per heavy atom. The van der Waals surface area contributed by atoms with Crippen molar-refractivity contribution < 1.29 is 38.8 Å². The highest BCUT2D eigenvalue weighted by Gasteiger charge is 2.31. The molecule has 10 nitrogen and oxygen atoms in total. The van der Waals surface area contributed by atoms with E-state index < -0.39 is 36.2 Å². The van der Waals surface area contributed by atoms with Crippen LogP contribution in [-0.4, -0.2) is 66.6 Å². The summed E-state index contributed by atoms with van der Waals surface area (Å²) in [4.78, 5) is 38.8. The summed E-state index contributed by atoms with van der Waals surface area (Å²) in [5.41, 5.74) is 1.51. The number of aliphatic hydroxyl groups is 1. The molecule has 2 amide bonds. The number of rotatable bonds is 6. The van der Waals surface area contributed by atoms with Gasteiger partial charge >= 0.3 is 5.97 Å². The second-order valence-corrected chi connectivity index (χ2v) is 12.5. The minimum Gasteiger partial charge on any atom is -0.505 e. The van der Waals surface area contributed by atoms with Crippen molar-refractivity contribution in [3.63, 3.8) is 0 Å². The standard InChI is InChI=1S/C37H52N2O8/c1-24-15-14-18-28-21-30(46-5)22-31(35(28)42)39-33(40)23-29(45-4)19-12-7-6-8-13-20-32(25(2)34(24)41)47-37(44)26(3)38-36(43)27-16-10-9-11-17-27/h6-8,12-13,15,19,21-22,25-27,29,32,34,41-42H,9-11,14,16-18,20,23H2,1-5H3,(H,38,43)(H,39,40)/b7-6-,13-8-,19-12?,24-15-. The molecule has 10 heteroatoms. The van der Waals surface area contributed by atoms with E-state index in [-0.39, 0.29) is 35.6 Å². The summed E-state index contributed by atoms with van der Waals surface area (Å²) in [6.07, 6.45) is 16.7. The Bertz CT molecular complexity index is 1330. The average Bonchev–Trinajstić information content (AvgIpc) is 3.07. The molecule has 47 heavy (non-hydrogen) atoms. The Morgan fingerprint density at radius 1 is 1.06 bits per heavy atom. The van der Waals surface area contributed by atoms with Gasteiger partial charge < -0.3 is 35.1 Å². The third-order valence-electron chi connectivity index (χ3n) is 8.91. The number of aromatic hydroxyl groups is 1. The lowest BCUT2D eigenvalue weighted by Crippen LogP contribution is -2.45. The van der Waals surface area contributed by atoms with Crippen LogP contribution in [0.1, 0.15) is 77.7 Å². The molecule has 1 saturated carbocycles. The van der Waals surface area contributed by atoms with E-state index in [1.807, 2.05) is 32.1 Å². The van der Waals surface area contributed by atoms with Crippen LogP contribution in [0, 0.1) is 11.8 Å². The number of hydrogen-bond donors (Lipinski definition) is 4. The van der Waals surface area contributed by atoms with Gasteiger partial charge in [-0.3, -0.25) is 9.59 Å². The number of nitrogens with one attached hydrogen (secondary N) is 2. The highest BCUT2D eigenvalue weighted by atomic mass is 16.5. The average molecular weight is 653 g/mol. The van der Waals surface area contributed by atoms with Crippen LogP contribution in [0.3, 0.4) is 0 Å². The number of amides is 2. The minimum absolute atomic E-state index is 0.0347. The third-order valence-corrected chi connectivity index (χ3v) is 8.91. The van der Waals surface area contributed by atoms with E-state index in [4.69, 9.17) is 14.2 Å². The first-order valence-electron chi connectivity index (χ1n) is 16.6. The van der Waals surface area contributed by atoms with Gasteiger partial charge in [0.25, 0.3) is 0 Å². The summed E-state index contributed by atoms with van der Waals surface area (Å²) in [5.74, 6) is -1.11. The molecule has 0 radical (unpaired) electrons. The van der Waals surface area contributed by atoms with Crippen molar-refractivity contribution in [1.82, 2.24) is 5.32 Å². The predicted molar refractivity (Wildman–Crippen MR) is 182 cm³/mol. The predicted octanol–water partition coefficient (Wildman–Crippen LogP) is 5.69. The molecule has 1 heterocycles. The molecule has 2 bridgehead atoms. The molecule has 1 aromatic carbocycles. The molecule has 0 aromatic heterocycles. The minimum atomic E-state index is -0.916. The SMILES string of the molecule is COc1cc2c(O)c(c1)NC(=O)CC(OC)C=C/C=C\C=C/CC(OC(=O)C(C)NC(=O)C1CCCCC1)C(C)C(O)/C(C)=C\CC2. The van der Waals surface area contributed by atoms with Crippen LogP contribution in [0.2, 0.25) is 0 Å². The van der Waals surface area contributed by atoms with Gasteiger partial charge in [-0.05, 0) is 51.2 Å². The first-order valence-corrected chi connectivity index (χ1v) is 16.6. The van der Waals surface area contributed by atoms with E-state index >= 15 is 0 Å². The molecule has 2 aliphatic rings. The number of phenolic OH excluding ortho intramolecular Hbond substituents is 1. The summed E-state index contributed by atoms with van der Waals surface area (Å²) in [7, 11) is 3.03. The Balaban J connectivity index is 1.83. The number of aliphatic hydroxyl groups excluding tert-OH is 1. The van der Waals surface area contributed by atoms with Crippen LogP contribution >= 0.6 is 0 Å². The number of carbonyl (C=O) groups excluding carboxylic acids is 3.